The van der Waals surface area contributed by atoms with E-state index in [2.05, 4.69) is 24.9 Å². The average molecular weight is 494 g/mol. The quantitative estimate of drug-likeness (QED) is 0.526. The number of benzene rings is 1. The number of hydrogen-bond acceptors (Lipinski definition) is 8. The van der Waals surface area contributed by atoms with Crippen LogP contribution in [0.5, 0.6) is 11.6 Å². The molecule has 4 heterocycles. The Morgan fingerprint density at radius 3 is 2.56 bits per heavy atom. The lowest BCUT2D eigenvalue weighted by molar-refractivity contribution is 0.140. The summed E-state index contributed by atoms with van der Waals surface area (Å²) in [7, 11) is 0. The Balaban J connectivity index is 1.23. The molecule has 3 aromatic rings. The van der Waals surface area contributed by atoms with Crippen LogP contribution >= 0.6 is 0 Å². The minimum Gasteiger partial charge on any atom is -0.438 e. The van der Waals surface area contributed by atoms with Crippen molar-refractivity contribution in [2.24, 2.45) is 5.73 Å². The molecule has 2 aliphatic rings. The summed E-state index contributed by atoms with van der Waals surface area (Å²) in [6, 6.07) is 8.59. The molecule has 0 unspecified atom stereocenters. The zero-order valence-electron chi connectivity index (χ0n) is 19.6. The number of fused-ring (bicyclic) bond motifs is 1. The van der Waals surface area contributed by atoms with Crippen molar-refractivity contribution in [1.82, 2.24) is 24.3 Å². The number of nitrogens with two attached hydrogens (primary N) is 1. The van der Waals surface area contributed by atoms with Gasteiger partial charge >= 0.3 is 18.2 Å². The van der Waals surface area contributed by atoms with Crippen LogP contribution < -0.4 is 15.8 Å². The Bertz CT molecular complexity index is 1280. The summed E-state index contributed by atoms with van der Waals surface area (Å²) in [6.07, 6.45) is 5.11. The van der Waals surface area contributed by atoms with Crippen molar-refractivity contribution >= 4 is 34.9 Å². The summed E-state index contributed by atoms with van der Waals surface area (Å²) < 4.78 is 11.5. The smallest absolute Gasteiger partial charge is 0.427 e. The number of nitrogens with zero attached hydrogens (tertiary/aromatic N) is 5. The Kier molecular flexibility index (Phi) is 6.67. The van der Waals surface area contributed by atoms with Gasteiger partial charge in [0.05, 0.1) is 5.52 Å². The predicted molar refractivity (Wildman–Crippen MR) is 130 cm³/mol. The normalized spacial score (nSPS) is 16.7. The molecule has 0 saturated carbocycles. The summed E-state index contributed by atoms with van der Waals surface area (Å²) in [4.78, 5) is 48.4. The second kappa shape index (κ2) is 10.2. The number of carbonyl (C=O) groups is 3. The van der Waals surface area contributed by atoms with Crippen LogP contribution in [0.1, 0.15) is 25.7 Å². The first-order valence-electron chi connectivity index (χ1n) is 11.9. The fourth-order valence-electron chi connectivity index (χ4n) is 4.83. The third kappa shape index (κ3) is 5.08. The molecule has 0 spiro atoms. The molecule has 3 N–H and O–H groups in total. The molecule has 1 aromatic carbocycles. The predicted octanol–water partition coefficient (Wildman–Crippen LogP) is 3.38. The highest BCUT2D eigenvalue weighted by atomic mass is 16.6. The van der Waals surface area contributed by atoms with Crippen LogP contribution in [0, 0.1) is 0 Å². The minimum absolute atomic E-state index is 0.202. The van der Waals surface area contributed by atoms with Crippen molar-refractivity contribution in [3.05, 3.63) is 42.9 Å². The number of ether oxygens (including phenoxy) is 2. The van der Waals surface area contributed by atoms with Crippen molar-refractivity contribution < 1.29 is 23.9 Å². The average Bonchev–Trinajstić information content (AvgIpc) is 3.55. The zero-order chi connectivity index (χ0) is 25.1. The second-order valence-corrected chi connectivity index (χ2v) is 8.80. The number of hydrogen-bond donors (Lipinski definition) is 2. The maximum Gasteiger partial charge on any atom is 0.427 e. The SMILES string of the molecule is NC(=O)OC(=O)n1ccc2c(Oc3cc(NC(=O)N4CCC(N5CCCC5)CC4)ncn3)cccc21. The first-order valence-corrected chi connectivity index (χ1v) is 11.9. The highest BCUT2D eigenvalue weighted by molar-refractivity contribution is 5.95. The third-order valence-corrected chi connectivity index (χ3v) is 6.58. The third-order valence-electron chi connectivity index (χ3n) is 6.58. The minimum atomic E-state index is -1.19. The molecule has 0 radical (unpaired) electrons. The molecule has 188 valence electrons. The van der Waals surface area contributed by atoms with E-state index in [9.17, 15) is 14.4 Å². The van der Waals surface area contributed by atoms with Crippen LogP contribution in [0.15, 0.2) is 42.9 Å². The van der Waals surface area contributed by atoms with Crippen molar-refractivity contribution in [1.29, 1.82) is 0 Å². The second-order valence-electron chi connectivity index (χ2n) is 8.80. The number of nitrogens with one attached hydrogen (secondary N) is 1. The van der Waals surface area contributed by atoms with Gasteiger partial charge in [0, 0.05) is 36.8 Å². The number of amides is 3. The maximum absolute atomic E-state index is 12.8. The fraction of sp³-hybridized carbons (Fsp3) is 0.375. The molecule has 3 amide bonds. The first-order chi connectivity index (χ1) is 17.5. The van der Waals surface area contributed by atoms with Gasteiger partial charge in [0.2, 0.25) is 5.88 Å². The number of piperidine rings is 1. The van der Waals surface area contributed by atoms with Crippen LogP contribution in [-0.2, 0) is 4.74 Å². The monoisotopic (exact) mass is 493 g/mol. The molecule has 2 saturated heterocycles. The van der Waals surface area contributed by atoms with Crippen LogP contribution in [0.4, 0.5) is 20.2 Å². The number of primary amides is 1. The Hall–Kier alpha value is -4.19. The highest BCUT2D eigenvalue weighted by Crippen LogP contribution is 2.30. The van der Waals surface area contributed by atoms with Crippen molar-refractivity contribution in [2.45, 2.75) is 31.7 Å². The lowest BCUT2D eigenvalue weighted by atomic mass is 10.0. The van der Waals surface area contributed by atoms with Crippen LogP contribution in [0.2, 0.25) is 0 Å². The van der Waals surface area contributed by atoms with Gasteiger partial charge in [-0.1, -0.05) is 6.07 Å². The number of anilines is 1. The van der Waals surface area contributed by atoms with Crippen LogP contribution in [0.3, 0.4) is 0 Å². The molecule has 0 bridgehead atoms. The van der Waals surface area contributed by atoms with E-state index in [4.69, 9.17) is 10.5 Å². The van der Waals surface area contributed by atoms with Crippen molar-refractivity contribution in [2.75, 3.05) is 31.5 Å². The van der Waals surface area contributed by atoms with Crippen molar-refractivity contribution in [3.63, 3.8) is 0 Å². The number of rotatable bonds is 4. The van der Waals surface area contributed by atoms with E-state index in [1.54, 1.807) is 24.3 Å². The molecule has 12 nitrogen and oxygen atoms in total. The molecule has 2 fully saturated rings. The summed E-state index contributed by atoms with van der Waals surface area (Å²) in [5, 5.41) is 3.42. The Morgan fingerprint density at radius 2 is 1.81 bits per heavy atom. The maximum atomic E-state index is 12.8. The summed E-state index contributed by atoms with van der Waals surface area (Å²) in [6.45, 7) is 3.74. The number of aromatic nitrogens is 3. The number of urea groups is 1. The molecule has 2 aliphatic heterocycles. The van der Waals surface area contributed by atoms with Crippen LogP contribution in [-0.4, -0.2) is 74.8 Å². The van der Waals surface area contributed by atoms with E-state index >= 15 is 0 Å². The number of likely N-dealkylation sites (tertiary alicyclic amines) is 2. The van der Waals surface area contributed by atoms with Gasteiger partial charge in [-0.05, 0) is 57.0 Å². The van der Waals surface area contributed by atoms with Gasteiger partial charge in [0.25, 0.3) is 0 Å². The topological polar surface area (TPSA) is 145 Å². The largest absolute Gasteiger partial charge is 0.438 e. The van der Waals surface area contributed by atoms with Crippen molar-refractivity contribution in [3.8, 4) is 11.6 Å². The lowest BCUT2D eigenvalue weighted by Gasteiger charge is -2.36. The van der Waals surface area contributed by atoms with E-state index < -0.39 is 12.2 Å². The van der Waals surface area contributed by atoms with Gasteiger partial charge < -0.3 is 25.0 Å². The summed E-state index contributed by atoms with van der Waals surface area (Å²) in [5.74, 6) is 0.951. The lowest BCUT2D eigenvalue weighted by Crippen LogP contribution is -2.47. The van der Waals surface area contributed by atoms with E-state index in [0.29, 0.717) is 41.6 Å². The molecular formula is C24H27N7O5. The van der Waals surface area contributed by atoms with Gasteiger partial charge in [0.15, 0.2) is 0 Å². The zero-order valence-corrected chi connectivity index (χ0v) is 19.6. The molecule has 36 heavy (non-hydrogen) atoms. The summed E-state index contributed by atoms with van der Waals surface area (Å²) >= 11 is 0. The first kappa shape index (κ1) is 23.5. The molecular weight excluding hydrogens is 466 g/mol. The van der Waals surface area contributed by atoms with E-state index in [1.807, 2.05) is 4.90 Å². The van der Waals surface area contributed by atoms with E-state index in [0.717, 1.165) is 30.5 Å². The Labute approximate surface area is 207 Å². The molecule has 5 rings (SSSR count). The van der Waals surface area contributed by atoms with Gasteiger partial charge in [-0.3, -0.25) is 9.88 Å². The molecule has 12 heteroatoms. The summed E-state index contributed by atoms with van der Waals surface area (Å²) in [5.41, 5.74) is 5.39. The van der Waals surface area contributed by atoms with E-state index in [1.165, 1.54) is 31.4 Å². The molecule has 2 aromatic heterocycles. The fourth-order valence-corrected chi connectivity index (χ4v) is 4.83. The number of carbonyl (C=O) groups excluding carboxylic acids is 3. The highest BCUT2D eigenvalue weighted by Gasteiger charge is 2.28. The van der Waals surface area contributed by atoms with Crippen LogP contribution in [0.25, 0.3) is 10.9 Å². The van der Waals surface area contributed by atoms with Gasteiger partial charge in [-0.2, -0.15) is 0 Å². The van der Waals surface area contributed by atoms with Gasteiger partial charge in [-0.15, -0.1) is 0 Å². The van der Waals surface area contributed by atoms with Gasteiger partial charge in [0.1, 0.15) is 17.9 Å². The standard InChI is InChI=1S/C24H27N7O5/c25-22(32)36-24(34)31-13-8-17-18(31)4-3-5-19(17)35-21-14-20(26-15-27-21)28-23(33)30-11-6-16(7-12-30)29-9-1-2-10-29/h3-5,8,13-16H,1-2,6-7,9-12H2,(H2,25,32)(H,26,27,28,33). The Morgan fingerprint density at radius 1 is 1.03 bits per heavy atom. The molecule has 0 aliphatic carbocycles. The van der Waals surface area contributed by atoms with Gasteiger partial charge in [-0.25, -0.2) is 24.4 Å². The molecule has 0 atom stereocenters. The van der Waals surface area contributed by atoms with E-state index in [-0.39, 0.29) is 11.9 Å².